The van der Waals surface area contributed by atoms with Crippen molar-refractivity contribution < 1.29 is 24.1 Å². The summed E-state index contributed by atoms with van der Waals surface area (Å²) in [4.78, 5) is 1.74. The van der Waals surface area contributed by atoms with Crippen molar-refractivity contribution in [2.45, 2.75) is 57.5 Å². The minimum Gasteiger partial charge on any atom is -0.389 e. The van der Waals surface area contributed by atoms with Gasteiger partial charge in [-0.1, -0.05) is 19.9 Å². The van der Waals surface area contributed by atoms with Crippen LogP contribution in [0.3, 0.4) is 0 Å². The Morgan fingerprint density at radius 1 is 1.17 bits per heavy atom. The molecule has 4 atom stereocenters. The molecule has 1 aliphatic heterocycles. The molecule has 3 N–H and O–H groups in total. The largest absolute Gasteiger partial charge is 0.389 e. The summed E-state index contributed by atoms with van der Waals surface area (Å²) in [5.41, 5.74) is 0.502. The van der Waals surface area contributed by atoms with Gasteiger partial charge >= 0.3 is 0 Å². The van der Waals surface area contributed by atoms with E-state index in [1.54, 1.807) is 11.8 Å². The first-order valence-corrected chi connectivity index (χ1v) is 7.99. The third-order valence-corrected chi connectivity index (χ3v) is 4.72. The van der Waals surface area contributed by atoms with Gasteiger partial charge < -0.3 is 15.3 Å². The number of piperidine rings is 1. The van der Waals surface area contributed by atoms with Gasteiger partial charge in [-0.2, -0.15) is 0 Å². The number of nitrogens with zero attached hydrogens (tertiary/aromatic N) is 1. The fourth-order valence-corrected chi connectivity index (χ4v) is 3.08. The zero-order valence-electron chi connectivity index (χ0n) is 13.7. The van der Waals surface area contributed by atoms with Crippen molar-refractivity contribution >= 4 is 0 Å². The maximum Gasteiger partial charge on any atom is 0.132 e. The zero-order chi connectivity index (χ0) is 17.3. The van der Waals surface area contributed by atoms with E-state index < -0.39 is 36.0 Å². The van der Waals surface area contributed by atoms with Crippen LogP contribution in [0, 0.1) is 11.6 Å². The molecule has 130 valence electrons. The lowest BCUT2D eigenvalue weighted by atomic mass is 9.94. The van der Waals surface area contributed by atoms with E-state index >= 15 is 0 Å². The minimum absolute atomic E-state index is 0.0264. The predicted molar refractivity (Wildman–Crippen MR) is 83.2 cm³/mol. The number of likely N-dealkylation sites (tertiary alicyclic amines) is 1. The fourth-order valence-electron chi connectivity index (χ4n) is 3.08. The van der Waals surface area contributed by atoms with Crippen molar-refractivity contribution in [3.63, 3.8) is 0 Å². The molecule has 1 fully saturated rings. The summed E-state index contributed by atoms with van der Waals surface area (Å²) >= 11 is 0. The molecule has 1 saturated heterocycles. The monoisotopic (exact) mass is 329 g/mol. The number of halogens is 2. The highest BCUT2D eigenvalue weighted by molar-refractivity contribution is 5.30. The van der Waals surface area contributed by atoms with E-state index in [-0.39, 0.29) is 31.0 Å². The van der Waals surface area contributed by atoms with Gasteiger partial charge in [0, 0.05) is 24.7 Å². The highest BCUT2D eigenvalue weighted by Crippen LogP contribution is 2.25. The Morgan fingerprint density at radius 2 is 1.83 bits per heavy atom. The van der Waals surface area contributed by atoms with E-state index in [0.29, 0.717) is 5.56 Å². The number of β-amino-alcohol motifs (C(OH)–C–C–N with tert-alkyl or cyclic N) is 1. The molecule has 2 rings (SSSR count). The lowest BCUT2D eigenvalue weighted by Crippen LogP contribution is -2.60. The average Bonchev–Trinajstić information content (AvgIpc) is 2.49. The summed E-state index contributed by atoms with van der Waals surface area (Å²) in [5, 5.41) is 29.3. The molecule has 0 spiro atoms. The molecule has 0 aromatic heterocycles. The SMILES string of the molecule is CC(C)c1ccc(F)c(CCN2C[C@H](O)[C@@H](O)[C@H](O)[C@H]2C)c1F. The Balaban J connectivity index is 2.13. The number of aliphatic hydroxyl groups excluding tert-OH is 3. The molecule has 1 aromatic rings. The molecule has 1 aliphatic rings. The summed E-state index contributed by atoms with van der Waals surface area (Å²) in [5.74, 6) is -1.15. The van der Waals surface area contributed by atoms with Crippen LogP contribution < -0.4 is 0 Å². The van der Waals surface area contributed by atoms with Gasteiger partial charge in [0.1, 0.15) is 17.7 Å². The van der Waals surface area contributed by atoms with E-state index in [0.717, 1.165) is 0 Å². The standard InChI is InChI=1S/C17H25F2NO3/c1-9(2)11-4-5-13(18)12(15(11)19)6-7-20-8-14(21)17(23)16(22)10(20)3/h4-5,9-10,14,16-17,21-23H,6-8H2,1-3H3/t10-,14+,16-,17-/m1/s1. The zero-order valence-corrected chi connectivity index (χ0v) is 13.7. The van der Waals surface area contributed by atoms with Crippen molar-refractivity contribution in [1.82, 2.24) is 4.90 Å². The first kappa shape index (κ1) is 18.3. The maximum absolute atomic E-state index is 14.5. The van der Waals surface area contributed by atoms with Crippen LogP contribution in [0.25, 0.3) is 0 Å². The Morgan fingerprint density at radius 3 is 2.43 bits per heavy atom. The van der Waals surface area contributed by atoms with Crippen LogP contribution in [-0.4, -0.2) is 57.7 Å². The highest BCUT2D eigenvalue weighted by atomic mass is 19.1. The topological polar surface area (TPSA) is 63.9 Å². The van der Waals surface area contributed by atoms with Crippen molar-refractivity contribution in [2.75, 3.05) is 13.1 Å². The van der Waals surface area contributed by atoms with E-state index in [1.165, 1.54) is 12.1 Å². The highest BCUT2D eigenvalue weighted by Gasteiger charge is 2.38. The van der Waals surface area contributed by atoms with Crippen molar-refractivity contribution in [1.29, 1.82) is 0 Å². The maximum atomic E-state index is 14.5. The third-order valence-electron chi connectivity index (χ3n) is 4.72. The number of hydrogen-bond acceptors (Lipinski definition) is 4. The van der Waals surface area contributed by atoms with Gasteiger partial charge in [0.25, 0.3) is 0 Å². The molecule has 6 heteroatoms. The van der Waals surface area contributed by atoms with E-state index in [4.69, 9.17) is 0 Å². The fraction of sp³-hybridized carbons (Fsp3) is 0.647. The third kappa shape index (κ3) is 3.71. The van der Waals surface area contributed by atoms with Crippen LogP contribution in [0.4, 0.5) is 8.78 Å². The quantitative estimate of drug-likeness (QED) is 0.782. The minimum atomic E-state index is -1.20. The summed E-state index contributed by atoms with van der Waals surface area (Å²) < 4.78 is 28.4. The second kappa shape index (κ2) is 7.21. The van der Waals surface area contributed by atoms with E-state index in [1.807, 2.05) is 13.8 Å². The van der Waals surface area contributed by atoms with Crippen molar-refractivity contribution in [2.24, 2.45) is 0 Å². The van der Waals surface area contributed by atoms with Crippen LogP contribution in [0.15, 0.2) is 12.1 Å². The molecule has 0 amide bonds. The lowest BCUT2D eigenvalue weighted by molar-refractivity contribution is -0.132. The smallest absolute Gasteiger partial charge is 0.132 e. The van der Waals surface area contributed by atoms with Crippen molar-refractivity contribution in [3.8, 4) is 0 Å². The molecule has 0 radical (unpaired) electrons. The summed E-state index contributed by atoms with van der Waals surface area (Å²) in [6.45, 7) is 5.86. The van der Waals surface area contributed by atoms with Crippen molar-refractivity contribution in [3.05, 3.63) is 34.9 Å². The first-order chi connectivity index (χ1) is 10.7. The molecular formula is C17H25F2NO3. The van der Waals surface area contributed by atoms with E-state index in [2.05, 4.69) is 0 Å². The summed E-state index contributed by atoms with van der Waals surface area (Å²) in [6, 6.07) is 2.35. The number of rotatable bonds is 4. The van der Waals surface area contributed by atoms with E-state index in [9.17, 15) is 24.1 Å². The Bertz CT molecular complexity index is 553. The normalized spacial score (nSPS) is 29.3. The van der Waals surface area contributed by atoms with Gasteiger partial charge in [0.15, 0.2) is 0 Å². The Kier molecular flexibility index (Phi) is 5.73. The summed E-state index contributed by atoms with van der Waals surface area (Å²) in [6.07, 6.45) is -3.22. The van der Waals surface area contributed by atoms with Gasteiger partial charge in [-0.3, -0.25) is 4.90 Å². The van der Waals surface area contributed by atoms with Gasteiger partial charge in [-0.15, -0.1) is 0 Å². The van der Waals surface area contributed by atoms with Crippen LogP contribution in [0.1, 0.15) is 37.8 Å². The van der Waals surface area contributed by atoms with Crippen LogP contribution in [-0.2, 0) is 6.42 Å². The van der Waals surface area contributed by atoms with Gasteiger partial charge in [0.2, 0.25) is 0 Å². The molecular weight excluding hydrogens is 304 g/mol. The first-order valence-electron chi connectivity index (χ1n) is 7.99. The Labute approximate surface area is 135 Å². The Hall–Kier alpha value is -1.08. The second-order valence-electron chi connectivity index (χ2n) is 6.62. The average molecular weight is 329 g/mol. The predicted octanol–water partition coefficient (Wildman–Crippen LogP) is 1.42. The number of aliphatic hydroxyl groups is 3. The molecule has 4 nitrogen and oxygen atoms in total. The van der Waals surface area contributed by atoms with Gasteiger partial charge in [-0.05, 0) is 30.9 Å². The molecule has 0 unspecified atom stereocenters. The van der Waals surface area contributed by atoms with Crippen LogP contribution in [0.2, 0.25) is 0 Å². The second-order valence-corrected chi connectivity index (χ2v) is 6.62. The van der Waals surface area contributed by atoms with Gasteiger partial charge in [-0.25, -0.2) is 8.78 Å². The number of benzene rings is 1. The summed E-state index contributed by atoms with van der Waals surface area (Å²) in [7, 11) is 0. The van der Waals surface area contributed by atoms with Crippen LogP contribution in [0.5, 0.6) is 0 Å². The van der Waals surface area contributed by atoms with Gasteiger partial charge in [0.05, 0.1) is 12.2 Å². The lowest BCUT2D eigenvalue weighted by Gasteiger charge is -2.42. The molecule has 0 bridgehead atoms. The molecule has 0 saturated carbocycles. The molecule has 1 heterocycles. The molecule has 1 aromatic carbocycles. The number of hydrogen-bond donors (Lipinski definition) is 3. The molecule has 23 heavy (non-hydrogen) atoms. The molecule has 0 aliphatic carbocycles. The van der Waals surface area contributed by atoms with Crippen LogP contribution >= 0.6 is 0 Å².